The number of methoxy groups -OCH3 is 1. The molecule has 0 spiro atoms. The summed E-state index contributed by atoms with van der Waals surface area (Å²) in [6.07, 6.45) is 0.511. The molecule has 0 unspecified atom stereocenters. The maximum atomic E-state index is 12.2. The first-order valence-corrected chi connectivity index (χ1v) is 10.5. The van der Waals surface area contributed by atoms with Crippen LogP contribution in [0.5, 0.6) is 0 Å². The number of hydrogen-bond donors (Lipinski definition) is 0. The number of carbonyl (C=O) groups excluding carboxylic acids is 2. The molecule has 1 atom stereocenters. The number of hydrogen-bond acceptors (Lipinski definition) is 7. The summed E-state index contributed by atoms with van der Waals surface area (Å²) in [5.41, 5.74) is 2.01. The second-order valence-corrected chi connectivity index (χ2v) is 8.93. The molecule has 144 valence electrons. The third-order valence-corrected chi connectivity index (χ3v) is 6.61. The monoisotopic (exact) mass is 391 g/mol. The third-order valence-electron chi connectivity index (χ3n) is 4.77. The molecule has 0 radical (unpaired) electrons. The molecule has 0 amide bonds. The van der Waals surface area contributed by atoms with Gasteiger partial charge >= 0.3 is 11.9 Å². The summed E-state index contributed by atoms with van der Waals surface area (Å²) in [6, 6.07) is 7.37. The van der Waals surface area contributed by atoms with Crippen molar-refractivity contribution < 1.29 is 27.5 Å². The Kier molecular flexibility index (Phi) is 5.46. The van der Waals surface area contributed by atoms with Crippen molar-refractivity contribution in [2.75, 3.05) is 18.6 Å². The number of sulfone groups is 1. The van der Waals surface area contributed by atoms with Gasteiger partial charge in [-0.05, 0) is 30.9 Å². The van der Waals surface area contributed by atoms with E-state index in [1.54, 1.807) is 6.92 Å². The van der Waals surface area contributed by atoms with Crippen LogP contribution in [0.25, 0.3) is 10.9 Å². The van der Waals surface area contributed by atoms with Crippen molar-refractivity contribution in [3.05, 3.63) is 41.1 Å². The van der Waals surface area contributed by atoms with Gasteiger partial charge in [-0.1, -0.05) is 18.2 Å². The van der Waals surface area contributed by atoms with Crippen molar-refractivity contribution in [2.24, 2.45) is 5.92 Å². The normalized spacial score (nSPS) is 18.4. The second kappa shape index (κ2) is 7.64. The van der Waals surface area contributed by atoms with Gasteiger partial charge in [0, 0.05) is 11.8 Å². The maximum Gasteiger partial charge on any atom is 0.340 e. The van der Waals surface area contributed by atoms with E-state index >= 15 is 0 Å². The van der Waals surface area contributed by atoms with Crippen molar-refractivity contribution in [2.45, 2.75) is 26.4 Å². The Hall–Kier alpha value is -2.48. The Morgan fingerprint density at radius 2 is 2.00 bits per heavy atom. The second-order valence-electron chi connectivity index (χ2n) is 6.70. The van der Waals surface area contributed by atoms with Crippen LogP contribution in [0.1, 0.15) is 34.5 Å². The minimum atomic E-state index is -3.04. The van der Waals surface area contributed by atoms with Crippen LogP contribution in [0, 0.1) is 12.8 Å². The highest BCUT2D eigenvalue weighted by Crippen LogP contribution is 2.25. The van der Waals surface area contributed by atoms with E-state index in [-0.39, 0.29) is 36.0 Å². The minimum absolute atomic E-state index is 0.0167. The highest BCUT2D eigenvalue weighted by Gasteiger charge is 2.30. The average molecular weight is 391 g/mol. The molecule has 1 aromatic carbocycles. The van der Waals surface area contributed by atoms with Crippen molar-refractivity contribution in [1.29, 1.82) is 0 Å². The SMILES string of the molecule is COC(=O)c1c(COC(=O)C[C@@H]2CCS(=O)(=O)C2)nc2ccccc2c1C. The van der Waals surface area contributed by atoms with Gasteiger partial charge in [0.15, 0.2) is 9.84 Å². The Bertz CT molecular complexity index is 999. The fraction of sp³-hybridized carbons (Fsp3) is 0.421. The standard InChI is InChI=1S/C19H21NO6S/c1-12-14-5-3-4-6-15(14)20-16(18(12)19(22)25-2)10-26-17(21)9-13-7-8-27(23,24)11-13/h3-6,13H,7-11H2,1-2H3/t13-/m0/s1. The Balaban J connectivity index is 1.79. The lowest BCUT2D eigenvalue weighted by atomic mass is 10.0. The Morgan fingerprint density at radius 3 is 2.67 bits per heavy atom. The quantitative estimate of drug-likeness (QED) is 0.720. The van der Waals surface area contributed by atoms with Crippen LogP contribution in [-0.4, -0.2) is 44.0 Å². The van der Waals surface area contributed by atoms with Gasteiger partial charge in [-0.3, -0.25) is 4.79 Å². The average Bonchev–Trinajstić information content (AvgIpc) is 2.98. The largest absolute Gasteiger partial charge is 0.465 e. The van der Waals surface area contributed by atoms with Crippen molar-refractivity contribution in [1.82, 2.24) is 4.98 Å². The van der Waals surface area contributed by atoms with Gasteiger partial charge in [0.25, 0.3) is 0 Å². The molecule has 8 heteroatoms. The molecule has 1 saturated heterocycles. The van der Waals surface area contributed by atoms with Crippen LogP contribution in [0.2, 0.25) is 0 Å². The summed E-state index contributed by atoms with van der Waals surface area (Å²) >= 11 is 0. The van der Waals surface area contributed by atoms with E-state index < -0.39 is 21.8 Å². The lowest BCUT2D eigenvalue weighted by Crippen LogP contribution is -2.16. The summed E-state index contributed by atoms with van der Waals surface area (Å²) in [6.45, 7) is 1.62. The molecule has 1 aliphatic heterocycles. The molecule has 0 saturated carbocycles. The molecule has 0 N–H and O–H groups in total. The van der Waals surface area contributed by atoms with Gasteiger partial charge in [-0.25, -0.2) is 18.2 Å². The summed E-state index contributed by atoms with van der Waals surface area (Å²) in [4.78, 5) is 28.8. The van der Waals surface area contributed by atoms with E-state index in [4.69, 9.17) is 9.47 Å². The summed E-state index contributed by atoms with van der Waals surface area (Å²) < 4.78 is 33.2. The number of fused-ring (bicyclic) bond motifs is 1. The van der Waals surface area contributed by atoms with Crippen molar-refractivity contribution in [3.8, 4) is 0 Å². The molecule has 0 bridgehead atoms. The lowest BCUT2D eigenvalue weighted by molar-refractivity contribution is -0.146. The molecular weight excluding hydrogens is 370 g/mol. The van der Waals surface area contributed by atoms with Gasteiger partial charge in [0.1, 0.15) is 6.61 Å². The maximum absolute atomic E-state index is 12.2. The fourth-order valence-electron chi connectivity index (χ4n) is 3.39. The molecule has 7 nitrogen and oxygen atoms in total. The van der Waals surface area contributed by atoms with E-state index in [2.05, 4.69) is 4.98 Å². The van der Waals surface area contributed by atoms with Crippen LogP contribution in [0.4, 0.5) is 0 Å². The van der Waals surface area contributed by atoms with E-state index in [0.717, 1.165) is 5.39 Å². The molecule has 1 aromatic heterocycles. The van der Waals surface area contributed by atoms with Crippen LogP contribution in [0.3, 0.4) is 0 Å². The van der Waals surface area contributed by atoms with E-state index in [1.165, 1.54) is 7.11 Å². The van der Waals surface area contributed by atoms with Gasteiger partial charge in [-0.2, -0.15) is 0 Å². The number of rotatable bonds is 5. The molecule has 1 aliphatic rings. The zero-order valence-electron chi connectivity index (χ0n) is 15.2. The van der Waals surface area contributed by atoms with Gasteiger partial charge in [0.2, 0.25) is 0 Å². The first-order chi connectivity index (χ1) is 12.8. The molecule has 0 aliphatic carbocycles. The van der Waals surface area contributed by atoms with Gasteiger partial charge in [0.05, 0.1) is 35.4 Å². The van der Waals surface area contributed by atoms with Crippen LogP contribution in [-0.2, 0) is 30.7 Å². The minimum Gasteiger partial charge on any atom is -0.465 e. The molecule has 2 heterocycles. The van der Waals surface area contributed by atoms with Crippen molar-refractivity contribution in [3.63, 3.8) is 0 Å². The summed E-state index contributed by atoms with van der Waals surface area (Å²) in [5.74, 6) is -1.13. The lowest BCUT2D eigenvalue weighted by Gasteiger charge is -2.14. The highest BCUT2D eigenvalue weighted by atomic mass is 32.2. The van der Waals surface area contributed by atoms with E-state index in [0.29, 0.717) is 23.2 Å². The van der Waals surface area contributed by atoms with Crippen molar-refractivity contribution >= 4 is 32.7 Å². The van der Waals surface area contributed by atoms with E-state index in [9.17, 15) is 18.0 Å². The zero-order valence-corrected chi connectivity index (χ0v) is 16.0. The first-order valence-electron chi connectivity index (χ1n) is 8.63. The highest BCUT2D eigenvalue weighted by molar-refractivity contribution is 7.91. The molecule has 2 aromatic rings. The number of nitrogens with zero attached hydrogens (tertiary/aromatic N) is 1. The molecule has 27 heavy (non-hydrogen) atoms. The number of benzene rings is 1. The number of esters is 2. The third kappa shape index (κ3) is 4.27. The summed E-state index contributed by atoms with van der Waals surface area (Å²) in [5, 5.41) is 0.823. The smallest absolute Gasteiger partial charge is 0.340 e. The predicted octanol–water partition coefficient (Wildman–Crippen LogP) is 2.20. The number of ether oxygens (including phenoxy) is 2. The van der Waals surface area contributed by atoms with E-state index in [1.807, 2.05) is 24.3 Å². The Morgan fingerprint density at radius 1 is 1.26 bits per heavy atom. The number of para-hydroxylation sites is 1. The Labute approximate surface area is 157 Å². The number of aromatic nitrogens is 1. The predicted molar refractivity (Wildman–Crippen MR) is 99.0 cm³/mol. The first kappa shape index (κ1) is 19.3. The van der Waals surface area contributed by atoms with Crippen LogP contribution in [0.15, 0.2) is 24.3 Å². The number of aryl methyl sites for hydroxylation is 1. The molecule has 3 rings (SSSR count). The summed E-state index contributed by atoms with van der Waals surface area (Å²) in [7, 11) is -1.76. The van der Waals surface area contributed by atoms with Crippen LogP contribution >= 0.6 is 0 Å². The molecule has 1 fully saturated rings. The van der Waals surface area contributed by atoms with Crippen LogP contribution < -0.4 is 0 Å². The topological polar surface area (TPSA) is 99.6 Å². The fourth-order valence-corrected chi connectivity index (χ4v) is 5.26. The van der Waals surface area contributed by atoms with Gasteiger partial charge in [-0.15, -0.1) is 0 Å². The zero-order chi connectivity index (χ0) is 19.6. The number of pyridine rings is 1. The van der Waals surface area contributed by atoms with Gasteiger partial charge < -0.3 is 9.47 Å². The molecular formula is C19H21NO6S. The number of carbonyl (C=O) groups is 2.